The second kappa shape index (κ2) is 5.63. The third kappa shape index (κ3) is 7.50. The smallest absolute Gasteiger partial charge is 0.313 e. The molecular formula is C6H10ClNO. The van der Waals surface area contributed by atoms with Crippen molar-refractivity contribution in [2.45, 2.75) is 12.8 Å². The van der Waals surface area contributed by atoms with Crippen LogP contribution in [-0.2, 0) is 0 Å². The van der Waals surface area contributed by atoms with E-state index in [9.17, 15) is 4.79 Å². The topological polar surface area (TPSA) is 29.1 Å². The van der Waals surface area contributed by atoms with Gasteiger partial charge in [-0.3, -0.25) is 4.79 Å². The van der Waals surface area contributed by atoms with Gasteiger partial charge in [-0.05, 0) is 24.4 Å². The zero-order chi connectivity index (χ0) is 7.11. The van der Waals surface area contributed by atoms with Crippen LogP contribution in [0.5, 0.6) is 0 Å². The van der Waals surface area contributed by atoms with Crippen LogP contribution in [0.25, 0.3) is 0 Å². The fourth-order valence-corrected chi connectivity index (χ4v) is 0.528. The quantitative estimate of drug-likeness (QED) is 0.280. The van der Waals surface area contributed by atoms with Gasteiger partial charge in [-0.2, -0.15) is 0 Å². The van der Waals surface area contributed by atoms with Crippen LogP contribution in [0.1, 0.15) is 12.8 Å². The molecule has 0 aliphatic rings. The summed E-state index contributed by atoms with van der Waals surface area (Å²) in [6.45, 7) is 4.16. The van der Waals surface area contributed by atoms with Crippen molar-refractivity contribution in [3.63, 3.8) is 0 Å². The maximum atomic E-state index is 10.0. The second-order valence-electron chi connectivity index (χ2n) is 1.63. The Kier molecular flexibility index (Phi) is 5.32. The van der Waals surface area contributed by atoms with Crippen LogP contribution in [0.15, 0.2) is 12.7 Å². The van der Waals surface area contributed by atoms with Crippen LogP contribution in [0.3, 0.4) is 0 Å². The zero-order valence-electron chi connectivity index (χ0n) is 5.19. The van der Waals surface area contributed by atoms with E-state index in [4.69, 9.17) is 11.6 Å². The lowest BCUT2D eigenvalue weighted by Gasteiger charge is -1.95. The number of nitrogens with one attached hydrogen (secondary N) is 1. The molecular weight excluding hydrogens is 138 g/mol. The highest BCUT2D eigenvalue weighted by molar-refractivity contribution is 6.62. The minimum atomic E-state index is -0.487. The number of carbonyl (C=O) groups excluding carboxylic acids is 1. The molecule has 0 aliphatic carbocycles. The molecule has 0 spiro atoms. The highest BCUT2D eigenvalue weighted by Gasteiger charge is 1.89. The maximum Gasteiger partial charge on any atom is 0.313 e. The Bertz CT molecular complexity index is 103. The molecule has 0 rings (SSSR count). The van der Waals surface area contributed by atoms with Crippen molar-refractivity contribution in [3.05, 3.63) is 12.7 Å². The van der Waals surface area contributed by atoms with Crippen LogP contribution in [-0.4, -0.2) is 11.9 Å². The lowest BCUT2D eigenvalue weighted by Crippen LogP contribution is -2.17. The van der Waals surface area contributed by atoms with Crippen LogP contribution >= 0.6 is 11.6 Å². The summed E-state index contributed by atoms with van der Waals surface area (Å²) in [6, 6.07) is 0. The van der Waals surface area contributed by atoms with Crippen molar-refractivity contribution in [2.75, 3.05) is 6.54 Å². The molecule has 0 heterocycles. The summed E-state index contributed by atoms with van der Waals surface area (Å²) in [5.41, 5.74) is 0. The van der Waals surface area contributed by atoms with E-state index in [2.05, 4.69) is 11.9 Å². The van der Waals surface area contributed by atoms with Gasteiger partial charge in [-0.1, -0.05) is 6.08 Å². The molecule has 0 saturated carbocycles. The van der Waals surface area contributed by atoms with Crippen molar-refractivity contribution < 1.29 is 4.79 Å². The molecule has 0 aromatic heterocycles. The third-order valence-corrected chi connectivity index (χ3v) is 0.983. The number of amides is 1. The molecule has 52 valence electrons. The number of allylic oxidation sites excluding steroid dienone is 1. The van der Waals surface area contributed by atoms with E-state index in [1.165, 1.54) is 0 Å². The van der Waals surface area contributed by atoms with Crippen LogP contribution in [0, 0.1) is 0 Å². The lowest BCUT2D eigenvalue weighted by molar-refractivity contribution is 0.259. The molecule has 2 nitrogen and oxygen atoms in total. The standard InChI is InChI=1S/C6H10ClNO/c1-2-3-4-5-8-6(7)9/h2H,1,3-5H2,(H,8,9). The van der Waals surface area contributed by atoms with Gasteiger partial charge in [-0.15, -0.1) is 6.58 Å². The first kappa shape index (κ1) is 8.50. The number of carbonyl (C=O) groups is 1. The molecule has 0 radical (unpaired) electrons. The van der Waals surface area contributed by atoms with Crippen molar-refractivity contribution in [2.24, 2.45) is 0 Å². The summed E-state index contributed by atoms with van der Waals surface area (Å²) < 4.78 is 0. The molecule has 0 bridgehead atoms. The summed E-state index contributed by atoms with van der Waals surface area (Å²) in [5, 5.41) is 1.97. The van der Waals surface area contributed by atoms with Gasteiger partial charge < -0.3 is 5.32 Å². The van der Waals surface area contributed by atoms with E-state index < -0.39 is 5.37 Å². The van der Waals surface area contributed by atoms with E-state index >= 15 is 0 Å². The summed E-state index contributed by atoms with van der Waals surface area (Å²) in [4.78, 5) is 10.0. The van der Waals surface area contributed by atoms with E-state index in [1.54, 1.807) is 6.08 Å². The Balaban J connectivity index is 2.91. The first-order chi connectivity index (χ1) is 4.27. The molecule has 0 saturated heterocycles. The number of unbranched alkanes of at least 4 members (excludes halogenated alkanes) is 1. The highest BCUT2D eigenvalue weighted by atomic mass is 35.5. The van der Waals surface area contributed by atoms with Gasteiger partial charge in [0.1, 0.15) is 0 Å². The number of hydrogen-bond donors (Lipinski definition) is 1. The average Bonchev–Trinajstić information content (AvgIpc) is 1.80. The largest absolute Gasteiger partial charge is 0.343 e. The zero-order valence-corrected chi connectivity index (χ0v) is 5.95. The minimum Gasteiger partial charge on any atom is -0.343 e. The molecule has 1 N–H and O–H groups in total. The average molecular weight is 148 g/mol. The van der Waals surface area contributed by atoms with E-state index in [0.29, 0.717) is 6.54 Å². The van der Waals surface area contributed by atoms with Crippen molar-refractivity contribution in [1.82, 2.24) is 5.32 Å². The Morgan fingerprint density at radius 2 is 2.44 bits per heavy atom. The first-order valence-electron chi connectivity index (χ1n) is 2.81. The Labute approximate surface area is 59.9 Å². The third-order valence-electron chi connectivity index (χ3n) is 0.849. The van der Waals surface area contributed by atoms with Gasteiger partial charge in [0.25, 0.3) is 0 Å². The van der Waals surface area contributed by atoms with Crippen LogP contribution in [0.4, 0.5) is 4.79 Å². The molecule has 1 amide bonds. The summed E-state index contributed by atoms with van der Waals surface area (Å²) in [6.07, 6.45) is 3.62. The lowest BCUT2D eigenvalue weighted by atomic mass is 10.3. The highest BCUT2D eigenvalue weighted by Crippen LogP contribution is 1.86. The molecule has 9 heavy (non-hydrogen) atoms. The summed E-state index contributed by atoms with van der Waals surface area (Å²) in [5.74, 6) is 0. The number of hydrogen-bond acceptors (Lipinski definition) is 1. The second-order valence-corrected chi connectivity index (χ2v) is 1.97. The van der Waals surface area contributed by atoms with E-state index in [0.717, 1.165) is 12.8 Å². The summed E-state index contributed by atoms with van der Waals surface area (Å²) in [7, 11) is 0. The SMILES string of the molecule is C=CCCCNC(=O)Cl. The van der Waals surface area contributed by atoms with Crippen LogP contribution < -0.4 is 5.32 Å². The van der Waals surface area contributed by atoms with Gasteiger partial charge >= 0.3 is 5.37 Å². The monoisotopic (exact) mass is 147 g/mol. The molecule has 3 heteroatoms. The van der Waals surface area contributed by atoms with Gasteiger partial charge in [0, 0.05) is 6.54 Å². The Morgan fingerprint density at radius 1 is 1.78 bits per heavy atom. The predicted octanol–water partition coefficient (Wildman–Crippen LogP) is 1.90. The number of rotatable bonds is 4. The van der Waals surface area contributed by atoms with Gasteiger partial charge in [0.2, 0.25) is 0 Å². The predicted molar refractivity (Wildman–Crippen MR) is 38.7 cm³/mol. The molecule has 0 atom stereocenters. The molecule has 0 aromatic rings. The summed E-state index contributed by atoms with van der Waals surface area (Å²) >= 11 is 4.98. The van der Waals surface area contributed by atoms with Crippen LogP contribution in [0.2, 0.25) is 0 Å². The Morgan fingerprint density at radius 3 is 2.89 bits per heavy atom. The van der Waals surface area contributed by atoms with E-state index in [1.807, 2.05) is 0 Å². The Hall–Kier alpha value is -0.500. The molecule has 0 aliphatic heterocycles. The normalized spacial score (nSPS) is 8.56. The first-order valence-corrected chi connectivity index (χ1v) is 3.19. The number of halogens is 1. The molecule has 0 unspecified atom stereocenters. The van der Waals surface area contributed by atoms with Crippen molar-refractivity contribution >= 4 is 17.0 Å². The van der Waals surface area contributed by atoms with Gasteiger partial charge in [-0.25, -0.2) is 0 Å². The van der Waals surface area contributed by atoms with Crippen molar-refractivity contribution in [1.29, 1.82) is 0 Å². The van der Waals surface area contributed by atoms with E-state index in [-0.39, 0.29) is 0 Å². The van der Waals surface area contributed by atoms with Crippen molar-refractivity contribution in [3.8, 4) is 0 Å². The molecule has 0 fully saturated rings. The van der Waals surface area contributed by atoms with Gasteiger partial charge in [0.05, 0.1) is 0 Å². The fourth-order valence-electron chi connectivity index (χ4n) is 0.433. The maximum absolute atomic E-state index is 10.0. The molecule has 0 aromatic carbocycles. The fraction of sp³-hybridized carbons (Fsp3) is 0.500. The van der Waals surface area contributed by atoms with Gasteiger partial charge in [0.15, 0.2) is 0 Å². The minimum absolute atomic E-state index is 0.487.